The van der Waals surface area contributed by atoms with Gasteiger partial charge in [-0.2, -0.15) is 13.2 Å². The van der Waals surface area contributed by atoms with Gasteiger partial charge in [-0.05, 0) is 17.8 Å². The number of hydrogen-bond acceptors (Lipinski definition) is 4. The molecule has 0 saturated carbocycles. The molecule has 0 fully saturated rings. The van der Waals surface area contributed by atoms with Crippen LogP contribution in [0.3, 0.4) is 0 Å². The maximum absolute atomic E-state index is 12.2. The fourth-order valence-corrected chi connectivity index (χ4v) is 1.99. The molecule has 0 aliphatic heterocycles. The van der Waals surface area contributed by atoms with Gasteiger partial charge in [0.2, 0.25) is 0 Å². The van der Waals surface area contributed by atoms with Crippen LogP contribution < -0.4 is 0 Å². The van der Waals surface area contributed by atoms with Crippen LogP contribution in [0.1, 0.15) is 5.56 Å². The number of nitro benzene ring substituents is 1. The second-order valence-corrected chi connectivity index (χ2v) is 4.85. The number of alkyl halides is 4. The van der Waals surface area contributed by atoms with E-state index < -0.39 is 33.7 Å². The molecule has 0 unspecified atom stereocenters. The average molecular weight is 314 g/mol. The summed E-state index contributed by atoms with van der Waals surface area (Å²) in [7, 11) is 0. The van der Waals surface area contributed by atoms with Gasteiger partial charge in [-0.15, -0.1) is 11.6 Å². The SMILES string of the molecule is O=C(CCl)Cc1ccc(SC(F)(F)F)cc1[N+](=O)[O-]. The standard InChI is InChI=1S/C10H7ClF3NO3S/c11-5-7(16)3-6-1-2-8(19-10(12,13)14)4-9(6)15(17)18/h1-2,4H,3,5H2. The average Bonchev–Trinajstić information content (AvgIpc) is 2.28. The van der Waals surface area contributed by atoms with Gasteiger partial charge in [-0.1, -0.05) is 6.07 Å². The van der Waals surface area contributed by atoms with Crippen molar-refractivity contribution in [1.29, 1.82) is 0 Å². The number of ketones is 1. The number of nitrogens with zero attached hydrogens (tertiary/aromatic N) is 1. The van der Waals surface area contributed by atoms with Crippen LogP contribution in [0.15, 0.2) is 23.1 Å². The smallest absolute Gasteiger partial charge is 0.298 e. The molecule has 19 heavy (non-hydrogen) atoms. The Balaban J connectivity index is 3.08. The number of rotatable bonds is 5. The molecule has 0 aromatic heterocycles. The van der Waals surface area contributed by atoms with Crippen LogP contribution in [0.5, 0.6) is 0 Å². The lowest BCUT2D eigenvalue weighted by Gasteiger charge is -2.07. The molecule has 1 rings (SSSR count). The second kappa shape index (κ2) is 6.25. The number of benzene rings is 1. The van der Waals surface area contributed by atoms with E-state index in [2.05, 4.69) is 0 Å². The molecule has 0 atom stereocenters. The molecule has 4 nitrogen and oxygen atoms in total. The lowest BCUT2D eigenvalue weighted by Crippen LogP contribution is -2.07. The third-order valence-electron chi connectivity index (χ3n) is 2.02. The Kier molecular flexibility index (Phi) is 5.19. The van der Waals surface area contributed by atoms with E-state index in [1.54, 1.807) is 0 Å². The Bertz CT molecular complexity index is 507. The first-order chi connectivity index (χ1) is 8.73. The third-order valence-corrected chi connectivity index (χ3v) is 3.04. The minimum absolute atomic E-state index is 0.0437. The van der Waals surface area contributed by atoms with Crippen molar-refractivity contribution in [3.05, 3.63) is 33.9 Å². The van der Waals surface area contributed by atoms with Crippen LogP contribution >= 0.6 is 23.4 Å². The molecule has 0 aliphatic carbocycles. The predicted molar refractivity (Wildman–Crippen MR) is 64.4 cm³/mol. The molecule has 0 radical (unpaired) electrons. The highest BCUT2D eigenvalue weighted by Crippen LogP contribution is 2.38. The van der Waals surface area contributed by atoms with Crippen LogP contribution in [0.25, 0.3) is 0 Å². The van der Waals surface area contributed by atoms with Crippen molar-refractivity contribution >= 4 is 34.8 Å². The molecule has 0 saturated heterocycles. The maximum atomic E-state index is 12.2. The van der Waals surface area contributed by atoms with Gasteiger partial charge in [0.05, 0.1) is 10.8 Å². The highest BCUT2D eigenvalue weighted by Gasteiger charge is 2.30. The Morgan fingerprint density at radius 3 is 2.53 bits per heavy atom. The second-order valence-electron chi connectivity index (χ2n) is 3.44. The molecule has 0 amide bonds. The summed E-state index contributed by atoms with van der Waals surface area (Å²) in [6.45, 7) is 0. The van der Waals surface area contributed by atoms with Crippen LogP contribution in [-0.4, -0.2) is 22.1 Å². The Morgan fingerprint density at radius 1 is 1.42 bits per heavy atom. The van der Waals surface area contributed by atoms with Crippen molar-refractivity contribution in [2.24, 2.45) is 0 Å². The first-order valence-corrected chi connectivity index (χ1v) is 6.19. The van der Waals surface area contributed by atoms with Gasteiger partial charge in [0.25, 0.3) is 5.69 Å². The van der Waals surface area contributed by atoms with Gasteiger partial charge in [0.1, 0.15) is 0 Å². The number of carbonyl (C=O) groups excluding carboxylic acids is 1. The number of carbonyl (C=O) groups is 1. The van der Waals surface area contributed by atoms with Gasteiger partial charge in [-0.3, -0.25) is 14.9 Å². The Hall–Kier alpha value is -1.28. The monoisotopic (exact) mass is 313 g/mol. The minimum atomic E-state index is -4.53. The Labute approximate surface area is 115 Å². The zero-order valence-corrected chi connectivity index (χ0v) is 10.8. The van der Waals surface area contributed by atoms with Crippen molar-refractivity contribution < 1.29 is 22.9 Å². The zero-order chi connectivity index (χ0) is 14.6. The topological polar surface area (TPSA) is 60.2 Å². The molecule has 104 valence electrons. The predicted octanol–water partition coefficient (Wildman–Crippen LogP) is 3.56. The van der Waals surface area contributed by atoms with Crippen molar-refractivity contribution in [3.8, 4) is 0 Å². The van der Waals surface area contributed by atoms with Crippen LogP contribution in [0.2, 0.25) is 0 Å². The number of nitro groups is 1. The molecule has 9 heteroatoms. The molecule has 1 aromatic rings. The van der Waals surface area contributed by atoms with Crippen LogP contribution in [0, 0.1) is 10.1 Å². The maximum Gasteiger partial charge on any atom is 0.446 e. The summed E-state index contributed by atoms with van der Waals surface area (Å²) in [5.41, 5.74) is -5.00. The van der Waals surface area contributed by atoms with Gasteiger partial charge in [0, 0.05) is 22.9 Å². The summed E-state index contributed by atoms with van der Waals surface area (Å²) in [5, 5.41) is 10.8. The number of hydrogen-bond donors (Lipinski definition) is 0. The van der Waals surface area contributed by atoms with Gasteiger partial charge in [0.15, 0.2) is 5.78 Å². The van der Waals surface area contributed by atoms with Gasteiger partial charge in [-0.25, -0.2) is 0 Å². The normalized spacial score (nSPS) is 11.4. The zero-order valence-electron chi connectivity index (χ0n) is 9.24. The minimum Gasteiger partial charge on any atom is -0.298 e. The van der Waals surface area contributed by atoms with E-state index in [1.165, 1.54) is 0 Å². The summed E-state index contributed by atoms with van der Waals surface area (Å²) < 4.78 is 36.5. The molecule has 0 N–H and O–H groups in total. The highest BCUT2D eigenvalue weighted by atomic mass is 35.5. The molecule has 0 bridgehead atoms. The Morgan fingerprint density at radius 2 is 2.05 bits per heavy atom. The lowest BCUT2D eigenvalue weighted by molar-refractivity contribution is -0.385. The summed E-state index contributed by atoms with van der Waals surface area (Å²) in [6, 6.07) is 3.02. The van der Waals surface area contributed by atoms with E-state index in [1.807, 2.05) is 0 Å². The quantitative estimate of drug-likeness (QED) is 0.361. The van der Waals surface area contributed by atoms with Crippen LogP contribution in [0.4, 0.5) is 18.9 Å². The van der Waals surface area contributed by atoms with E-state index in [4.69, 9.17) is 11.6 Å². The summed E-state index contributed by atoms with van der Waals surface area (Å²) in [4.78, 5) is 20.8. The number of halogens is 4. The summed E-state index contributed by atoms with van der Waals surface area (Å²) in [5.74, 6) is -0.753. The molecule has 0 spiro atoms. The van der Waals surface area contributed by atoms with Gasteiger partial charge < -0.3 is 0 Å². The molecule has 0 heterocycles. The van der Waals surface area contributed by atoms with Crippen molar-refractivity contribution in [3.63, 3.8) is 0 Å². The van der Waals surface area contributed by atoms with E-state index in [0.29, 0.717) is 0 Å². The van der Waals surface area contributed by atoms with Crippen molar-refractivity contribution in [2.75, 3.05) is 5.88 Å². The first-order valence-electron chi connectivity index (χ1n) is 4.83. The van der Waals surface area contributed by atoms with Crippen molar-refractivity contribution in [2.45, 2.75) is 16.8 Å². The molecular formula is C10H7ClF3NO3S. The summed E-state index contributed by atoms with van der Waals surface area (Å²) >= 11 is 4.83. The van der Waals surface area contributed by atoms with E-state index >= 15 is 0 Å². The fraction of sp³-hybridized carbons (Fsp3) is 0.300. The van der Waals surface area contributed by atoms with E-state index in [-0.39, 0.29) is 22.8 Å². The fourth-order valence-electron chi connectivity index (χ4n) is 1.32. The summed E-state index contributed by atoms with van der Waals surface area (Å²) in [6.07, 6.45) is -0.281. The lowest BCUT2D eigenvalue weighted by atomic mass is 10.1. The molecular weight excluding hydrogens is 307 g/mol. The van der Waals surface area contributed by atoms with Gasteiger partial charge >= 0.3 is 5.51 Å². The number of thioether (sulfide) groups is 1. The number of Topliss-reactive ketones (excluding diaryl/α,β-unsaturated/α-hetero) is 1. The largest absolute Gasteiger partial charge is 0.446 e. The highest BCUT2D eigenvalue weighted by molar-refractivity contribution is 8.00. The molecule has 0 aliphatic rings. The van der Waals surface area contributed by atoms with Crippen molar-refractivity contribution in [1.82, 2.24) is 0 Å². The third kappa shape index (κ3) is 5.07. The van der Waals surface area contributed by atoms with E-state index in [9.17, 15) is 28.1 Å². The molecule has 1 aromatic carbocycles. The first kappa shape index (κ1) is 15.8. The van der Waals surface area contributed by atoms with Crippen LogP contribution in [-0.2, 0) is 11.2 Å². The van der Waals surface area contributed by atoms with E-state index in [0.717, 1.165) is 18.2 Å².